The second-order valence-electron chi connectivity index (χ2n) is 5.99. The molecule has 3 rings (SSSR count). The molecule has 1 amide bonds. The summed E-state index contributed by atoms with van der Waals surface area (Å²) in [5.41, 5.74) is 5.61. The standard InChI is InChI=1S/C14H24N2O2/c15-9-11-6-7-13(18-11)14(17)16-8-2-4-10-3-1-5-12(10)16/h10-13H,1-9,15H2/t10?,11-,12?,13+/m1/s1. The minimum Gasteiger partial charge on any atom is -0.364 e. The molecule has 0 radical (unpaired) electrons. The minimum absolute atomic E-state index is 0.100. The van der Waals surface area contributed by atoms with E-state index >= 15 is 0 Å². The van der Waals surface area contributed by atoms with Crippen LogP contribution in [0.15, 0.2) is 0 Å². The number of piperidine rings is 1. The molecule has 2 saturated heterocycles. The topological polar surface area (TPSA) is 55.6 Å². The molecule has 18 heavy (non-hydrogen) atoms. The summed E-state index contributed by atoms with van der Waals surface area (Å²) in [7, 11) is 0. The van der Waals surface area contributed by atoms with Gasteiger partial charge in [0.05, 0.1) is 6.10 Å². The van der Waals surface area contributed by atoms with Gasteiger partial charge in [0.15, 0.2) is 0 Å². The second kappa shape index (κ2) is 5.17. The van der Waals surface area contributed by atoms with Crippen LogP contribution in [0.2, 0.25) is 0 Å². The van der Waals surface area contributed by atoms with Crippen LogP contribution < -0.4 is 5.73 Å². The lowest BCUT2D eigenvalue weighted by Crippen LogP contribution is -2.50. The second-order valence-corrected chi connectivity index (χ2v) is 5.99. The summed E-state index contributed by atoms with van der Waals surface area (Å²) in [6.07, 6.45) is 7.96. The van der Waals surface area contributed by atoms with E-state index in [2.05, 4.69) is 4.90 Å². The van der Waals surface area contributed by atoms with E-state index in [1.165, 1.54) is 32.1 Å². The van der Waals surface area contributed by atoms with Crippen molar-refractivity contribution in [3.63, 3.8) is 0 Å². The highest BCUT2D eigenvalue weighted by atomic mass is 16.5. The van der Waals surface area contributed by atoms with Gasteiger partial charge in [0.2, 0.25) is 0 Å². The van der Waals surface area contributed by atoms with E-state index in [1.807, 2.05) is 0 Å². The Morgan fingerprint density at radius 3 is 2.78 bits per heavy atom. The number of ether oxygens (including phenoxy) is 1. The predicted octanol–water partition coefficient (Wildman–Crippen LogP) is 1.28. The molecule has 3 fully saturated rings. The van der Waals surface area contributed by atoms with E-state index in [4.69, 9.17) is 10.5 Å². The van der Waals surface area contributed by atoms with Gasteiger partial charge in [-0.05, 0) is 44.4 Å². The minimum atomic E-state index is -0.210. The Hall–Kier alpha value is -0.610. The van der Waals surface area contributed by atoms with Crippen LogP contribution in [0, 0.1) is 5.92 Å². The number of hydrogen-bond acceptors (Lipinski definition) is 3. The first-order chi connectivity index (χ1) is 8.79. The van der Waals surface area contributed by atoms with Crippen molar-refractivity contribution in [3.05, 3.63) is 0 Å². The van der Waals surface area contributed by atoms with E-state index in [1.54, 1.807) is 0 Å². The normalized spacial score (nSPS) is 39.9. The van der Waals surface area contributed by atoms with Crippen molar-refractivity contribution >= 4 is 5.91 Å². The molecule has 3 aliphatic rings. The Kier molecular flexibility index (Phi) is 3.57. The van der Waals surface area contributed by atoms with Crippen molar-refractivity contribution in [3.8, 4) is 0 Å². The number of amides is 1. The molecular formula is C14H24N2O2. The smallest absolute Gasteiger partial charge is 0.251 e. The summed E-state index contributed by atoms with van der Waals surface area (Å²) in [6, 6.07) is 0.506. The van der Waals surface area contributed by atoms with Crippen LogP contribution in [0.3, 0.4) is 0 Å². The molecule has 1 aliphatic carbocycles. The molecule has 0 aromatic carbocycles. The zero-order chi connectivity index (χ0) is 12.5. The monoisotopic (exact) mass is 252 g/mol. The van der Waals surface area contributed by atoms with Crippen LogP contribution in [0.1, 0.15) is 44.9 Å². The quantitative estimate of drug-likeness (QED) is 0.805. The third-order valence-electron chi connectivity index (χ3n) is 4.92. The number of likely N-dealkylation sites (tertiary alicyclic amines) is 1. The van der Waals surface area contributed by atoms with Crippen LogP contribution in [0.5, 0.6) is 0 Å². The van der Waals surface area contributed by atoms with Crippen LogP contribution >= 0.6 is 0 Å². The zero-order valence-corrected chi connectivity index (χ0v) is 11.0. The van der Waals surface area contributed by atoms with Crippen molar-refractivity contribution in [1.29, 1.82) is 0 Å². The molecule has 2 N–H and O–H groups in total. The molecular weight excluding hydrogens is 228 g/mol. The first-order valence-electron chi connectivity index (χ1n) is 7.45. The van der Waals surface area contributed by atoms with Gasteiger partial charge in [-0.25, -0.2) is 0 Å². The average molecular weight is 252 g/mol. The first-order valence-corrected chi connectivity index (χ1v) is 7.45. The fourth-order valence-corrected chi connectivity index (χ4v) is 3.97. The summed E-state index contributed by atoms with van der Waals surface area (Å²) < 4.78 is 5.76. The van der Waals surface area contributed by atoms with Crippen molar-refractivity contribution in [2.45, 2.75) is 63.2 Å². The SMILES string of the molecule is NC[C@H]1CC[C@@H](C(=O)N2CCCC3CCCC32)O1. The Morgan fingerprint density at radius 2 is 2.00 bits per heavy atom. The average Bonchev–Trinajstić information content (AvgIpc) is 3.05. The fraction of sp³-hybridized carbons (Fsp3) is 0.929. The van der Waals surface area contributed by atoms with Crippen LogP contribution in [-0.2, 0) is 9.53 Å². The lowest BCUT2D eigenvalue weighted by molar-refractivity contribution is -0.147. The number of fused-ring (bicyclic) bond motifs is 1. The molecule has 0 aromatic heterocycles. The van der Waals surface area contributed by atoms with Gasteiger partial charge >= 0.3 is 0 Å². The van der Waals surface area contributed by atoms with E-state index in [0.29, 0.717) is 12.6 Å². The molecule has 0 spiro atoms. The number of carbonyl (C=O) groups is 1. The van der Waals surface area contributed by atoms with Crippen molar-refractivity contribution in [2.24, 2.45) is 11.7 Å². The Bertz CT molecular complexity index is 321. The number of rotatable bonds is 2. The zero-order valence-electron chi connectivity index (χ0n) is 11.0. The molecule has 2 unspecified atom stereocenters. The molecule has 4 atom stereocenters. The maximum Gasteiger partial charge on any atom is 0.251 e. The van der Waals surface area contributed by atoms with Crippen molar-refractivity contribution < 1.29 is 9.53 Å². The fourth-order valence-electron chi connectivity index (χ4n) is 3.97. The molecule has 102 valence electrons. The van der Waals surface area contributed by atoms with E-state index < -0.39 is 0 Å². The van der Waals surface area contributed by atoms with Crippen molar-refractivity contribution in [2.75, 3.05) is 13.1 Å². The Balaban J connectivity index is 1.65. The maximum absolute atomic E-state index is 12.6. The molecule has 0 bridgehead atoms. The molecule has 1 saturated carbocycles. The van der Waals surface area contributed by atoms with E-state index in [-0.39, 0.29) is 18.1 Å². The molecule has 0 aromatic rings. The first kappa shape index (κ1) is 12.4. The largest absolute Gasteiger partial charge is 0.364 e. The molecule has 2 aliphatic heterocycles. The summed E-state index contributed by atoms with van der Waals surface area (Å²) in [5.74, 6) is 0.997. The third kappa shape index (κ3) is 2.16. The van der Waals surface area contributed by atoms with Gasteiger partial charge in [-0.15, -0.1) is 0 Å². The number of nitrogens with two attached hydrogens (primary N) is 1. The summed E-state index contributed by atoms with van der Waals surface area (Å²) in [6.45, 7) is 1.48. The lowest BCUT2D eigenvalue weighted by atomic mass is 9.91. The summed E-state index contributed by atoms with van der Waals surface area (Å²) >= 11 is 0. The highest BCUT2D eigenvalue weighted by molar-refractivity contribution is 5.81. The van der Waals surface area contributed by atoms with E-state index in [9.17, 15) is 4.79 Å². The van der Waals surface area contributed by atoms with Crippen molar-refractivity contribution in [1.82, 2.24) is 4.90 Å². The predicted molar refractivity (Wildman–Crippen MR) is 69.0 cm³/mol. The Labute approximate surface area is 109 Å². The van der Waals surface area contributed by atoms with E-state index in [0.717, 1.165) is 25.3 Å². The number of hydrogen-bond donors (Lipinski definition) is 1. The van der Waals surface area contributed by atoms with Gasteiger partial charge in [0, 0.05) is 19.1 Å². The van der Waals surface area contributed by atoms with Gasteiger partial charge in [-0.3, -0.25) is 4.79 Å². The lowest BCUT2D eigenvalue weighted by Gasteiger charge is -2.39. The van der Waals surface area contributed by atoms with Gasteiger partial charge in [0.25, 0.3) is 5.91 Å². The van der Waals surface area contributed by atoms with Gasteiger partial charge in [0.1, 0.15) is 6.10 Å². The number of carbonyl (C=O) groups excluding carboxylic acids is 1. The van der Waals surface area contributed by atoms with Gasteiger partial charge < -0.3 is 15.4 Å². The van der Waals surface area contributed by atoms with Gasteiger partial charge in [-0.1, -0.05) is 6.42 Å². The highest BCUT2D eigenvalue weighted by Crippen LogP contribution is 2.37. The number of nitrogens with zero attached hydrogens (tertiary/aromatic N) is 1. The van der Waals surface area contributed by atoms with Crippen LogP contribution in [-0.4, -0.2) is 42.1 Å². The molecule has 4 heteroatoms. The summed E-state index contributed by atoms with van der Waals surface area (Å²) in [4.78, 5) is 14.7. The molecule has 4 nitrogen and oxygen atoms in total. The third-order valence-corrected chi connectivity index (χ3v) is 4.92. The maximum atomic E-state index is 12.6. The van der Waals surface area contributed by atoms with Crippen LogP contribution in [0.25, 0.3) is 0 Å². The molecule has 2 heterocycles. The van der Waals surface area contributed by atoms with Gasteiger partial charge in [-0.2, -0.15) is 0 Å². The highest BCUT2D eigenvalue weighted by Gasteiger charge is 2.41. The van der Waals surface area contributed by atoms with Crippen LogP contribution in [0.4, 0.5) is 0 Å². The summed E-state index contributed by atoms with van der Waals surface area (Å²) in [5, 5.41) is 0. The Morgan fingerprint density at radius 1 is 1.17 bits per heavy atom.